The minimum Gasteiger partial charge on any atom is -0.497 e. The lowest BCUT2D eigenvalue weighted by Crippen LogP contribution is -2.24. The van der Waals surface area contributed by atoms with Crippen molar-refractivity contribution in [3.8, 4) is 35.1 Å². The summed E-state index contributed by atoms with van der Waals surface area (Å²) in [5, 5.41) is 31.1. The Kier molecular flexibility index (Phi) is 9.12. The summed E-state index contributed by atoms with van der Waals surface area (Å²) >= 11 is 0. The van der Waals surface area contributed by atoms with Crippen LogP contribution in [-0.2, 0) is 0 Å². The van der Waals surface area contributed by atoms with E-state index in [9.17, 15) is 10.5 Å². The number of rotatable bonds is 10. The molecule has 7 rings (SSSR count). The molecule has 0 unspecified atom stereocenters. The van der Waals surface area contributed by atoms with E-state index in [1.54, 1.807) is 28.4 Å². The van der Waals surface area contributed by atoms with Crippen molar-refractivity contribution in [1.82, 2.24) is 0 Å². The van der Waals surface area contributed by atoms with Gasteiger partial charge in [-0.15, -0.1) is 0 Å². The zero-order valence-corrected chi connectivity index (χ0v) is 28.8. The summed E-state index contributed by atoms with van der Waals surface area (Å²) in [7, 11) is 6.45. The lowest BCUT2D eigenvalue weighted by molar-refractivity contribution is 0.414. The summed E-state index contributed by atoms with van der Waals surface area (Å²) in [6.45, 7) is 0. The smallest absolute Gasteiger partial charge is 0.119 e. The van der Waals surface area contributed by atoms with Gasteiger partial charge in [-0.2, -0.15) is 10.5 Å². The maximum Gasteiger partial charge on any atom is 0.119 e. The second-order valence-electron chi connectivity index (χ2n) is 11.7. The minimum atomic E-state index is 0.363. The predicted molar refractivity (Wildman–Crippen MR) is 199 cm³/mol. The van der Waals surface area contributed by atoms with Crippen LogP contribution in [0.1, 0.15) is 11.1 Å². The van der Waals surface area contributed by atoms with Crippen LogP contribution < -0.4 is 50.7 Å². The molecule has 2 aliphatic rings. The molecular weight excluding hydrogens is 652 g/mol. The average molecular weight is 685 g/mol. The normalized spacial score (nSPS) is 14.4. The molecule has 0 aromatic heterocycles. The monoisotopic (exact) mass is 684 g/mol. The highest BCUT2D eigenvalue weighted by molar-refractivity contribution is 5.95. The van der Waals surface area contributed by atoms with Gasteiger partial charge in [0.05, 0.1) is 61.7 Å². The zero-order chi connectivity index (χ0) is 36.2. The Morgan fingerprint density at radius 3 is 1.15 bits per heavy atom. The third-order valence-corrected chi connectivity index (χ3v) is 8.76. The van der Waals surface area contributed by atoms with Gasteiger partial charge in [-0.3, -0.25) is 0 Å². The summed E-state index contributed by atoms with van der Waals surface area (Å²) in [5.41, 5.74) is 5.91. The van der Waals surface area contributed by atoms with Gasteiger partial charge in [-0.05, 0) is 96.1 Å². The SMILES string of the molecule is COc1ccc(NC2=c3cc(OC)ccc3=N/C2=C(/C#N)c2ccc(/C(C#N)=C3\N=c4ccc(OC)cc4=C3Nc3ccc(OC)cc3)cc2)cc1. The van der Waals surface area contributed by atoms with Crippen LogP contribution in [0.15, 0.2) is 131 Å². The summed E-state index contributed by atoms with van der Waals surface area (Å²) < 4.78 is 21.7. The third-order valence-electron chi connectivity index (χ3n) is 8.76. The summed E-state index contributed by atoms with van der Waals surface area (Å²) in [6, 6.07) is 38.3. The second kappa shape index (κ2) is 14.3. The van der Waals surface area contributed by atoms with E-state index in [2.05, 4.69) is 22.8 Å². The number of fused-ring (bicyclic) bond motifs is 2. The maximum absolute atomic E-state index is 10.6. The number of nitriles is 2. The van der Waals surface area contributed by atoms with Crippen molar-refractivity contribution >= 4 is 33.9 Å². The van der Waals surface area contributed by atoms with Crippen molar-refractivity contribution in [3.05, 3.63) is 153 Å². The number of anilines is 2. The molecule has 0 bridgehead atoms. The molecule has 254 valence electrons. The van der Waals surface area contributed by atoms with E-state index < -0.39 is 0 Å². The topological polar surface area (TPSA) is 133 Å². The van der Waals surface area contributed by atoms with Gasteiger partial charge in [-0.25, -0.2) is 9.98 Å². The van der Waals surface area contributed by atoms with Gasteiger partial charge < -0.3 is 29.6 Å². The highest BCUT2D eigenvalue weighted by Gasteiger charge is 2.23. The molecule has 0 fully saturated rings. The van der Waals surface area contributed by atoms with E-state index in [-0.39, 0.29) is 0 Å². The van der Waals surface area contributed by atoms with Crippen molar-refractivity contribution in [2.45, 2.75) is 0 Å². The third kappa shape index (κ3) is 6.28. The molecule has 0 saturated carbocycles. The van der Waals surface area contributed by atoms with E-state index in [0.29, 0.717) is 67.3 Å². The predicted octanol–water partition coefficient (Wildman–Crippen LogP) is 5.30. The molecule has 10 heteroatoms. The van der Waals surface area contributed by atoms with Gasteiger partial charge in [0, 0.05) is 21.8 Å². The van der Waals surface area contributed by atoms with Crippen LogP contribution in [0, 0.1) is 22.7 Å². The molecule has 2 N–H and O–H groups in total. The Morgan fingerprint density at radius 2 is 0.827 bits per heavy atom. The molecule has 10 nitrogen and oxygen atoms in total. The van der Waals surface area contributed by atoms with Crippen LogP contribution in [0.5, 0.6) is 23.0 Å². The lowest BCUT2D eigenvalue weighted by atomic mass is 9.98. The molecule has 0 saturated heterocycles. The first-order valence-electron chi connectivity index (χ1n) is 16.2. The van der Waals surface area contributed by atoms with Gasteiger partial charge in [0.1, 0.15) is 46.5 Å². The molecule has 5 aromatic rings. The number of nitrogens with zero attached hydrogens (tertiary/aromatic N) is 4. The molecule has 0 amide bonds. The molecule has 5 aromatic carbocycles. The maximum atomic E-state index is 10.6. The highest BCUT2D eigenvalue weighted by atomic mass is 16.5. The standard InChI is InChI=1S/C42H32N6O4/c1-49-29-13-9-27(10-14-29)45-39-33-21-31(51-3)17-19-37(33)47-41(39)35(23-43)25-5-7-26(8-6-25)36(24-44)42-40(46-28-11-15-30(50-2)16-12-28)34-22-32(52-4)18-20-38(34)48-42/h5-22,45-46H,1-4H3/b41-35-,42-36-. The molecule has 0 radical (unpaired) electrons. The molecule has 0 aliphatic carbocycles. The van der Waals surface area contributed by atoms with Crippen molar-refractivity contribution < 1.29 is 18.9 Å². The number of hydrogen-bond acceptors (Lipinski definition) is 10. The number of allylic oxidation sites excluding steroid dienone is 2. The summed E-state index contributed by atoms with van der Waals surface area (Å²) in [5.74, 6) is 2.79. The number of methoxy groups -OCH3 is 4. The summed E-state index contributed by atoms with van der Waals surface area (Å²) in [4.78, 5) is 9.78. The fraction of sp³-hybridized carbons (Fsp3) is 0.0952. The summed E-state index contributed by atoms with van der Waals surface area (Å²) in [6.07, 6.45) is 0. The highest BCUT2D eigenvalue weighted by Crippen LogP contribution is 2.32. The van der Waals surface area contributed by atoms with Crippen LogP contribution >= 0.6 is 0 Å². The Labute approximate surface area is 299 Å². The number of nitrogens with one attached hydrogen (secondary N) is 2. The van der Waals surface area contributed by atoms with Gasteiger partial charge >= 0.3 is 0 Å². The minimum absolute atomic E-state index is 0.363. The molecular formula is C42H32N6O4. The quantitative estimate of drug-likeness (QED) is 0.190. The van der Waals surface area contributed by atoms with Crippen LogP contribution in [0.25, 0.3) is 22.5 Å². The number of benzene rings is 5. The number of ether oxygens (including phenoxy) is 4. The Bertz CT molecular complexity index is 2430. The molecule has 2 aliphatic heterocycles. The van der Waals surface area contributed by atoms with Crippen LogP contribution in [0.4, 0.5) is 11.4 Å². The van der Waals surface area contributed by atoms with Gasteiger partial charge in [0.25, 0.3) is 0 Å². The molecule has 0 atom stereocenters. The van der Waals surface area contributed by atoms with Crippen molar-refractivity contribution in [2.24, 2.45) is 9.98 Å². The molecule has 52 heavy (non-hydrogen) atoms. The van der Waals surface area contributed by atoms with E-state index >= 15 is 0 Å². The first-order chi connectivity index (χ1) is 25.5. The van der Waals surface area contributed by atoms with E-state index in [0.717, 1.165) is 33.3 Å². The van der Waals surface area contributed by atoms with Crippen LogP contribution in [-0.4, -0.2) is 28.4 Å². The van der Waals surface area contributed by atoms with E-state index in [1.165, 1.54) is 0 Å². The Hall–Kier alpha value is -7.30. The first-order valence-corrected chi connectivity index (χ1v) is 16.2. The van der Waals surface area contributed by atoms with E-state index in [1.807, 2.05) is 109 Å². The van der Waals surface area contributed by atoms with Crippen molar-refractivity contribution in [3.63, 3.8) is 0 Å². The fourth-order valence-corrected chi connectivity index (χ4v) is 6.05. The Balaban J connectivity index is 1.31. The van der Waals surface area contributed by atoms with E-state index in [4.69, 9.17) is 28.9 Å². The average Bonchev–Trinajstić information content (AvgIpc) is 3.73. The lowest BCUT2D eigenvalue weighted by Gasteiger charge is -2.13. The number of hydrogen-bond donors (Lipinski definition) is 2. The van der Waals surface area contributed by atoms with Gasteiger partial charge in [-0.1, -0.05) is 24.3 Å². The van der Waals surface area contributed by atoms with Gasteiger partial charge in [0.15, 0.2) is 0 Å². The van der Waals surface area contributed by atoms with Crippen LogP contribution in [0.2, 0.25) is 0 Å². The molecule has 0 spiro atoms. The molecule has 2 heterocycles. The fourth-order valence-electron chi connectivity index (χ4n) is 6.05. The largest absolute Gasteiger partial charge is 0.497 e. The second-order valence-corrected chi connectivity index (χ2v) is 11.7. The first kappa shape index (κ1) is 33.2. The Morgan fingerprint density at radius 1 is 0.481 bits per heavy atom. The van der Waals surface area contributed by atoms with Gasteiger partial charge in [0.2, 0.25) is 0 Å². The van der Waals surface area contributed by atoms with Crippen molar-refractivity contribution in [2.75, 3.05) is 39.1 Å². The zero-order valence-electron chi connectivity index (χ0n) is 28.8. The van der Waals surface area contributed by atoms with Crippen LogP contribution in [0.3, 0.4) is 0 Å². The van der Waals surface area contributed by atoms with Crippen molar-refractivity contribution in [1.29, 1.82) is 10.5 Å².